The Morgan fingerprint density at radius 1 is 1.22 bits per heavy atom. The first-order valence-electron chi connectivity index (χ1n) is 6.15. The van der Waals surface area contributed by atoms with Crippen LogP contribution in [0.3, 0.4) is 0 Å². The van der Waals surface area contributed by atoms with Gasteiger partial charge in [0, 0.05) is 0 Å². The maximum absolute atomic E-state index is 12.3. The van der Waals surface area contributed by atoms with Gasteiger partial charge in [0.25, 0.3) is 10.0 Å². The van der Waals surface area contributed by atoms with E-state index in [0.29, 0.717) is 5.01 Å². The summed E-state index contributed by atoms with van der Waals surface area (Å²) in [6.07, 6.45) is 0. The van der Waals surface area contributed by atoms with Crippen LogP contribution in [0.2, 0.25) is 0 Å². The van der Waals surface area contributed by atoms with Gasteiger partial charge in [-0.2, -0.15) is 0 Å². The molecule has 2 aromatic rings. The summed E-state index contributed by atoms with van der Waals surface area (Å²) in [6, 6.07) is 4.37. The van der Waals surface area contributed by atoms with Gasteiger partial charge in [0.2, 0.25) is 5.13 Å². The average Bonchev–Trinajstić information content (AvgIpc) is 2.90. The number of sulfonamides is 1. The van der Waals surface area contributed by atoms with Gasteiger partial charge in [-0.15, -0.1) is 10.2 Å². The van der Waals surface area contributed by atoms with Crippen LogP contribution < -0.4 is 10.0 Å². The van der Waals surface area contributed by atoms with Crippen molar-refractivity contribution < 1.29 is 22.7 Å². The minimum Gasteiger partial charge on any atom is -0.465 e. The first kappa shape index (κ1) is 16.8. The van der Waals surface area contributed by atoms with Crippen molar-refractivity contribution in [2.45, 2.75) is 11.8 Å². The SMILES string of the molecule is COC(=O)c1ccccc1S(=O)(=O)NC(=O)Nc1nnc(C)s1. The standard InChI is InChI=1S/C12H12N4O5S2/c1-7-14-15-12(22-7)13-11(18)16-23(19,20)9-6-4-3-5-8(9)10(17)21-2/h3-6H,1-2H3,(H2,13,15,16,18). The molecule has 0 fully saturated rings. The molecule has 11 heteroatoms. The number of nitrogens with one attached hydrogen (secondary N) is 2. The molecule has 0 saturated carbocycles. The molecule has 0 unspecified atom stereocenters. The smallest absolute Gasteiger partial charge is 0.339 e. The van der Waals surface area contributed by atoms with Gasteiger partial charge in [-0.1, -0.05) is 23.5 Å². The third kappa shape index (κ3) is 4.02. The van der Waals surface area contributed by atoms with Crippen molar-refractivity contribution in [3.05, 3.63) is 34.8 Å². The molecule has 2 amide bonds. The fourth-order valence-electron chi connectivity index (χ4n) is 1.63. The Kier molecular flexibility index (Phi) is 4.91. The van der Waals surface area contributed by atoms with Gasteiger partial charge in [0.1, 0.15) is 9.90 Å². The van der Waals surface area contributed by atoms with Gasteiger partial charge in [-0.25, -0.2) is 22.7 Å². The third-order valence-electron chi connectivity index (χ3n) is 2.56. The van der Waals surface area contributed by atoms with E-state index in [2.05, 4.69) is 20.3 Å². The number of amides is 2. The lowest BCUT2D eigenvalue weighted by Crippen LogP contribution is -2.35. The van der Waals surface area contributed by atoms with E-state index in [-0.39, 0.29) is 15.6 Å². The van der Waals surface area contributed by atoms with Crippen molar-refractivity contribution in [3.63, 3.8) is 0 Å². The van der Waals surface area contributed by atoms with Crippen LogP contribution in [0.1, 0.15) is 15.4 Å². The summed E-state index contributed by atoms with van der Waals surface area (Å²) < 4.78 is 30.9. The van der Waals surface area contributed by atoms with Crippen molar-refractivity contribution >= 4 is 38.5 Å². The Morgan fingerprint density at radius 2 is 1.91 bits per heavy atom. The summed E-state index contributed by atoms with van der Waals surface area (Å²) >= 11 is 1.09. The highest BCUT2D eigenvalue weighted by Crippen LogP contribution is 2.17. The quantitative estimate of drug-likeness (QED) is 0.786. The molecule has 1 heterocycles. The lowest BCUT2D eigenvalue weighted by atomic mass is 10.2. The second-order valence-electron chi connectivity index (χ2n) is 4.17. The van der Waals surface area contributed by atoms with E-state index in [0.717, 1.165) is 18.4 Å². The normalized spacial score (nSPS) is 10.9. The highest BCUT2D eigenvalue weighted by Gasteiger charge is 2.24. The fourth-order valence-corrected chi connectivity index (χ4v) is 3.32. The predicted molar refractivity (Wildman–Crippen MR) is 81.8 cm³/mol. The lowest BCUT2D eigenvalue weighted by Gasteiger charge is -2.10. The lowest BCUT2D eigenvalue weighted by molar-refractivity contribution is 0.0596. The number of rotatable bonds is 4. The molecule has 0 aliphatic heterocycles. The number of aryl methyl sites for hydroxylation is 1. The molecular formula is C12H12N4O5S2. The van der Waals surface area contributed by atoms with Crippen LogP contribution in [0.25, 0.3) is 0 Å². The first-order chi connectivity index (χ1) is 10.8. The van der Waals surface area contributed by atoms with Crippen LogP contribution in [-0.2, 0) is 14.8 Å². The summed E-state index contributed by atoms with van der Waals surface area (Å²) in [7, 11) is -3.14. The zero-order valence-electron chi connectivity index (χ0n) is 12.1. The van der Waals surface area contributed by atoms with Crippen molar-refractivity contribution in [2.75, 3.05) is 12.4 Å². The zero-order valence-corrected chi connectivity index (χ0v) is 13.7. The molecule has 0 aliphatic carbocycles. The Bertz CT molecular complexity index is 847. The molecule has 23 heavy (non-hydrogen) atoms. The van der Waals surface area contributed by atoms with Crippen LogP contribution in [0.5, 0.6) is 0 Å². The topological polar surface area (TPSA) is 127 Å². The number of aromatic nitrogens is 2. The average molecular weight is 356 g/mol. The summed E-state index contributed by atoms with van der Waals surface area (Å²) in [5.41, 5.74) is -0.179. The third-order valence-corrected chi connectivity index (χ3v) is 4.70. The Labute approximate surface area is 135 Å². The van der Waals surface area contributed by atoms with Crippen LogP contribution in [0.4, 0.5) is 9.93 Å². The molecule has 0 bridgehead atoms. The van der Waals surface area contributed by atoms with Crippen LogP contribution in [0.15, 0.2) is 29.2 Å². The van der Waals surface area contributed by atoms with Crippen LogP contribution in [-0.4, -0.2) is 37.7 Å². The minimum absolute atomic E-state index is 0.149. The summed E-state index contributed by atoms with van der Waals surface area (Å²) in [5, 5.41) is 10.3. The number of urea groups is 1. The van der Waals surface area contributed by atoms with Gasteiger partial charge in [0.05, 0.1) is 12.7 Å². The molecule has 0 aliphatic rings. The van der Waals surface area contributed by atoms with Crippen molar-refractivity contribution in [1.82, 2.24) is 14.9 Å². The number of carbonyl (C=O) groups excluding carboxylic acids is 2. The van der Waals surface area contributed by atoms with Gasteiger partial charge in [-0.05, 0) is 19.1 Å². The molecule has 0 atom stereocenters. The van der Waals surface area contributed by atoms with Gasteiger partial charge in [0.15, 0.2) is 0 Å². The van der Waals surface area contributed by atoms with Gasteiger partial charge < -0.3 is 4.74 Å². The zero-order chi connectivity index (χ0) is 17.0. The van der Waals surface area contributed by atoms with E-state index in [1.807, 2.05) is 0 Å². The van der Waals surface area contributed by atoms with E-state index in [1.165, 1.54) is 24.3 Å². The van der Waals surface area contributed by atoms with E-state index in [1.54, 1.807) is 11.6 Å². The Hall–Kier alpha value is -2.53. The van der Waals surface area contributed by atoms with Crippen LogP contribution >= 0.6 is 11.3 Å². The number of ether oxygens (including phenoxy) is 1. The first-order valence-corrected chi connectivity index (χ1v) is 8.44. The second kappa shape index (κ2) is 6.71. The van der Waals surface area contributed by atoms with Gasteiger partial charge in [-0.3, -0.25) is 5.32 Å². The molecule has 122 valence electrons. The monoisotopic (exact) mass is 356 g/mol. The number of benzene rings is 1. The number of hydrogen-bond acceptors (Lipinski definition) is 8. The summed E-state index contributed by atoms with van der Waals surface area (Å²) in [4.78, 5) is 23.0. The Balaban J connectivity index is 2.22. The predicted octanol–water partition coefficient (Wildman–Crippen LogP) is 1.14. The number of esters is 1. The number of nitrogens with zero attached hydrogens (tertiary/aromatic N) is 2. The molecule has 1 aromatic heterocycles. The maximum atomic E-state index is 12.3. The number of methoxy groups -OCH3 is 1. The molecule has 0 saturated heterocycles. The number of anilines is 1. The maximum Gasteiger partial charge on any atom is 0.339 e. The number of carbonyl (C=O) groups is 2. The van der Waals surface area contributed by atoms with Gasteiger partial charge >= 0.3 is 12.0 Å². The van der Waals surface area contributed by atoms with Crippen LogP contribution in [0, 0.1) is 6.92 Å². The highest BCUT2D eigenvalue weighted by molar-refractivity contribution is 7.90. The van der Waals surface area contributed by atoms with Crippen molar-refractivity contribution in [3.8, 4) is 0 Å². The molecule has 9 nitrogen and oxygen atoms in total. The largest absolute Gasteiger partial charge is 0.465 e. The summed E-state index contributed by atoms with van der Waals surface area (Å²) in [6.45, 7) is 1.68. The van der Waals surface area contributed by atoms with E-state index in [9.17, 15) is 18.0 Å². The molecule has 0 radical (unpaired) electrons. The molecule has 2 rings (SSSR count). The molecule has 1 aromatic carbocycles. The molecular weight excluding hydrogens is 344 g/mol. The van der Waals surface area contributed by atoms with E-state index >= 15 is 0 Å². The molecule has 2 N–H and O–H groups in total. The van der Waals surface area contributed by atoms with E-state index in [4.69, 9.17) is 0 Å². The number of hydrogen-bond donors (Lipinski definition) is 2. The Morgan fingerprint density at radius 3 is 2.52 bits per heavy atom. The van der Waals surface area contributed by atoms with Crippen molar-refractivity contribution in [1.29, 1.82) is 0 Å². The minimum atomic E-state index is -4.27. The fraction of sp³-hybridized carbons (Fsp3) is 0.167. The molecule has 0 spiro atoms. The second-order valence-corrected chi connectivity index (χ2v) is 7.01. The highest BCUT2D eigenvalue weighted by atomic mass is 32.2. The van der Waals surface area contributed by atoms with E-state index < -0.39 is 22.0 Å². The summed E-state index contributed by atoms with van der Waals surface area (Å²) in [5.74, 6) is -0.828. The van der Waals surface area contributed by atoms with Crippen molar-refractivity contribution in [2.24, 2.45) is 0 Å².